The van der Waals surface area contributed by atoms with E-state index in [1.165, 1.54) is 16.3 Å². The summed E-state index contributed by atoms with van der Waals surface area (Å²) < 4.78 is 0. The number of terminal acetylenes is 1. The third-order valence-corrected chi connectivity index (χ3v) is 2.99. The van der Waals surface area contributed by atoms with Crippen LogP contribution in [0.5, 0.6) is 0 Å². The summed E-state index contributed by atoms with van der Waals surface area (Å²) in [5.41, 5.74) is 1.21. The Hall–Kier alpha value is -1.74. The van der Waals surface area contributed by atoms with Crippen LogP contribution in [-0.4, -0.2) is 19.0 Å². The predicted octanol–water partition coefficient (Wildman–Crippen LogP) is 3.15. The Labute approximate surface area is 143 Å². The maximum atomic E-state index is 5.26. The maximum Gasteiger partial charge on any atom is 0.192 e. The first-order valence-corrected chi connectivity index (χ1v) is 6.77. The standard InChI is InChI=1S/C17H19N3.HI/c1-3-12-19-17(18-4-2)20-13-15-10-7-9-14-8-5-6-11-16(14)15;/h1,5-11H,4,12-13H2,2H3,(H2,18,19,20);1H. The van der Waals surface area contributed by atoms with Crippen LogP contribution in [0.2, 0.25) is 0 Å². The fraction of sp³-hybridized carbons (Fsp3) is 0.235. The molecule has 2 aromatic rings. The van der Waals surface area contributed by atoms with Crippen molar-refractivity contribution >= 4 is 40.7 Å². The van der Waals surface area contributed by atoms with Crippen LogP contribution in [0.4, 0.5) is 0 Å². The molecule has 0 amide bonds. The molecule has 0 radical (unpaired) electrons. The zero-order valence-electron chi connectivity index (χ0n) is 12.1. The molecule has 110 valence electrons. The van der Waals surface area contributed by atoms with Gasteiger partial charge in [0.25, 0.3) is 0 Å². The van der Waals surface area contributed by atoms with Crippen molar-refractivity contribution in [2.24, 2.45) is 4.99 Å². The summed E-state index contributed by atoms with van der Waals surface area (Å²) in [5.74, 6) is 3.30. The van der Waals surface area contributed by atoms with Gasteiger partial charge < -0.3 is 10.6 Å². The fourth-order valence-electron chi connectivity index (χ4n) is 2.07. The molecule has 0 heterocycles. The molecule has 0 bridgehead atoms. The molecule has 0 spiro atoms. The largest absolute Gasteiger partial charge is 0.357 e. The Bertz CT molecular complexity index is 639. The molecule has 0 aliphatic heterocycles. The van der Waals surface area contributed by atoms with Gasteiger partial charge in [-0.2, -0.15) is 0 Å². The number of fused-ring (bicyclic) bond motifs is 1. The van der Waals surface area contributed by atoms with Gasteiger partial charge in [0.1, 0.15) is 0 Å². The van der Waals surface area contributed by atoms with E-state index in [1.807, 2.05) is 13.0 Å². The van der Waals surface area contributed by atoms with Crippen molar-refractivity contribution < 1.29 is 0 Å². The summed E-state index contributed by atoms with van der Waals surface area (Å²) in [6.07, 6.45) is 5.26. The van der Waals surface area contributed by atoms with Crippen molar-refractivity contribution in [3.63, 3.8) is 0 Å². The molecule has 2 N–H and O–H groups in total. The fourth-order valence-corrected chi connectivity index (χ4v) is 2.07. The highest BCUT2D eigenvalue weighted by molar-refractivity contribution is 14.0. The number of aliphatic imine (C=N–C) groups is 1. The van der Waals surface area contributed by atoms with E-state index in [0.717, 1.165) is 12.5 Å². The average molecular weight is 393 g/mol. The van der Waals surface area contributed by atoms with Crippen molar-refractivity contribution in [1.82, 2.24) is 10.6 Å². The molecule has 2 rings (SSSR count). The van der Waals surface area contributed by atoms with Gasteiger partial charge >= 0.3 is 0 Å². The second-order valence-electron chi connectivity index (χ2n) is 4.39. The van der Waals surface area contributed by atoms with E-state index in [0.29, 0.717) is 13.1 Å². The molecule has 21 heavy (non-hydrogen) atoms. The monoisotopic (exact) mass is 393 g/mol. The molecule has 0 unspecified atom stereocenters. The minimum atomic E-state index is 0. The highest BCUT2D eigenvalue weighted by Gasteiger charge is 2.00. The smallest absolute Gasteiger partial charge is 0.192 e. The van der Waals surface area contributed by atoms with Gasteiger partial charge in [-0.3, -0.25) is 0 Å². The van der Waals surface area contributed by atoms with Gasteiger partial charge in [0.05, 0.1) is 13.1 Å². The van der Waals surface area contributed by atoms with Crippen molar-refractivity contribution in [1.29, 1.82) is 0 Å². The van der Waals surface area contributed by atoms with Crippen molar-refractivity contribution in [3.05, 3.63) is 48.0 Å². The zero-order chi connectivity index (χ0) is 14.2. The number of hydrogen-bond acceptors (Lipinski definition) is 1. The topological polar surface area (TPSA) is 36.4 Å². The summed E-state index contributed by atoms with van der Waals surface area (Å²) in [7, 11) is 0. The van der Waals surface area contributed by atoms with Gasteiger partial charge in [-0.15, -0.1) is 30.4 Å². The molecule has 0 aromatic heterocycles. The van der Waals surface area contributed by atoms with Crippen LogP contribution < -0.4 is 10.6 Å². The molecular weight excluding hydrogens is 373 g/mol. The summed E-state index contributed by atoms with van der Waals surface area (Å²) in [6, 6.07) is 14.6. The van der Waals surface area contributed by atoms with Crippen LogP contribution in [-0.2, 0) is 6.54 Å². The lowest BCUT2D eigenvalue weighted by Gasteiger charge is -2.09. The first kappa shape index (κ1) is 17.3. The highest BCUT2D eigenvalue weighted by atomic mass is 127. The van der Waals surface area contributed by atoms with Gasteiger partial charge in [-0.1, -0.05) is 48.4 Å². The zero-order valence-corrected chi connectivity index (χ0v) is 14.4. The molecule has 0 aliphatic rings. The van der Waals surface area contributed by atoms with Gasteiger partial charge in [0.15, 0.2) is 5.96 Å². The third-order valence-electron chi connectivity index (χ3n) is 2.99. The maximum absolute atomic E-state index is 5.26. The molecular formula is C17H20IN3. The first-order valence-electron chi connectivity index (χ1n) is 6.77. The number of hydrogen-bond donors (Lipinski definition) is 2. The Morgan fingerprint density at radius 3 is 2.67 bits per heavy atom. The van der Waals surface area contributed by atoms with E-state index < -0.39 is 0 Å². The lowest BCUT2D eigenvalue weighted by molar-refractivity contribution is 0.866. The lowest BCUT2D eigenvalue weighted by atomic mass is 10.1. The summed E-state index contributed by atoms with van der Waals surface area (Å²) in [4.78, 5) is 4.57. The van der Waals surface area contributed by atoms with Crippen molar-refractivity contribution in [2.45, 2.75) is 13.5 Å². The molecule has 0 saturated carbocycles. The number of nitrogens with one attached hydrogen (secondary N) is 2. The molecule has 0 saturated heterocycles. The number of nitrogens with zero attached hydrogens (tertiary/aromatic N) is 1. The van der Waals surface area contributed by atoms with Crippen LogP contribution in [0, 0.1) is 12.3 Å². The van der Waals surface area contributed by atoms with E-state index in [1.54, 1.807) is 0 Å². The van der Waals surface area contributed by atoms with Crippen molar-refractivity contribution in [2.75, 3.05) is 13.1 Å². The molecule has 0 atom stereocenters. The van der Waals surface area contributed by atoms with E-state index >= 15 is 0 Å². The Kier molecular flexibility index (Phi) is 7.62. The quantitative estimate of drug-likeness (QED) is 0.363. The number of guanidine groups is 1. The minimum absolute atomic E-state index is 0. The van der Waals surface area contributed by atoms with E-state index in [2.05, 4.69) is 57.9 Å². The normalized spacial score (nSPS) is 10.6. The van der Waals surface area contributed by atoms with Gasteiger partial charge in [-0.05, 0) is 23.3 Å². The molecule has 3 nitrogen and oxygen atoms in total. The molecule has 0 fully saturated rings. The number of rotatable bonds is 4. The van der Waals surface area contributed by atoms with Gasteiger partial charge in [0, 0.05) is 6.54 Å². The second kappa shape index (κ2) is 9.24. The summed E-state index contributed by atoms with van der Waals surface area (Å²) in [6.45, 7) is 3.94. The van der Waals surface area contributed by atoms with Gasteiger partial charge in [0.2, 0.25) is 0 Å². The minimum Gasteiger partial charge on any atom is -0.357 e. The lowest BCUT2D eigenvalue weighted by Crippen LogP contribution is -2.37. The predicted molar refractivity (Wildman–Crippen MR) is 101 cm³/mol. The Balaban J connectivity index is 0.00000220. The van der Waals surface area contributed by atoms with E-state index in [9.17, 15) is 0 Å². The van der Waals surface area contributed by atoms with Gasteiger partial charge in [-0.25, -0.2) is 4.99 Å². The van der Waals surface area contributed by atoms with Crippen LogP contribution in [0.3, 0.4) is 0 Å². The third kappa shape index (κ3) is 4.94. The molecule has 2 aromatic carbocycles. The highest BCUT2D eigenvalue weighted by Crippen LogP contribution is 2.18. The van der Waals surface area contributed by atoms with Crippen molar-refractivity contribution in [3.8, 4) is 12.3 Å². The van der Waals surface area contributed by atoms with Crippen LogP contribution in [0.1, 0.15) is 12.5 Å². The SMILES string of the molecule is C#CCNC(=NCc1cccc2ccccc12)NCC.I. The van der Waals surface area contributed by atoms with E-state index in [-0.39, 0.29) is 24.0 Å². The first-order chi connectivity index (χ1) is 9.85. The molecule has 0 aliphatic carbocycles. The Morgan fingerprint density at radius 1 is 1.14 bits per heavy atom. The Morgan fingerprint density at radius 2 is 1.90 bits per heavy atom. The number of halogens is 1. The number of benzene rings is 2. The molecule has 4 heteroatoms. The van der Waals surface area contributed by atoms with Crippen LogP contribution in [0.25, 0.3) is 10.8 Å². The average Bonchev–Trinajstić information content (AvgIpc) is 2.50. The van der Waals surface area contributed by atoms with Crippen LogP contribution >= 0.6 is 24.0 Å². The second-order valence-corrected chi connectivity index (χ2v) is 4.39. The summed E-state index contributed by atoms with van der Waals surface area (Å²) >= 11 is 0. The van der Waals surface area contributed by atoms with Crippen LogP contribution in [0.15, 0.2) is 47.5 Å². The van der Waals surface area contributed by atoms with E-state index in [4.69, 9.17) is 6.42 Å². The summed E-state index contributed by atoms with van der Waals surface area (Å²) in [5, 5.41) is 8.75.